The van der Waals surface area contributed by atoms with Crippen molar-refractivity contribution < 1.29 is 13.3 Å². The van der Waals surface area contributed by atoms with Gasteiger partial charge in [-0.25, -0.2) is 0 Å². The third-order valence-electron chi connectivity index (χ3n) is 18.9. The average Bonchev–Trinajstić information content (AvgIpc) is 4.17. The molecular weight excluding hydrogens is 928 g/mol. The second kappa shape index (κ2) is 15.2. The fourth-order valence-corrected chi connectivity index (χ4v) is 14.2. The Balaban J connectivity index is 1.10. The average molecular weight is 993 g/mol. The van der Waals surface area contributed by atoms with Gasteiger partial charge in [0.15, 0.2) is 5.58 Å². The molecule has 0 atom stereocenters. The van der Waals surface area contributed by atoms with Crippen molar-refractivity contribution in [1.82, 2.24) is 0 Å². The molecule has 0 unspecified atom stereocenters. The maximum Gasteiger partial charge on any atom is 0.376 e. The molecule has 11 aromatic rings. The summed E-state index contributed by atoms with van der Waals surface area (Å²) in [7, 11) is 0. The molecule has 6 heteroatoms. The highest BCUT2D eigenvalue weighted by Gasteiger charge is 2.51. The topological polar surface area (TPSA) is 45.9 Å². The number of benzene rings is 8. The normalized spacial score (nSPS) is 17.8. The minimum absolute atomic E-state index is 0.00949. The first-order chi connectivity index (χ1) is 36.3. The summed E-state index contributed by atoms with van der Waals surface area (Å²) >= 11 is 0. The minimum Gasteiger partial charge on any atom is -0.466 e. The summed E-state index contributed by atoms with van der Waals surface area (Å²) in [5.41, 5.74) is 23.5. The maximum atomic E-state index is 7.72. The highest BCUT2D eigenvalue weighted by Crippen LogP contribution is 2.56. The number of para-hydroxylation sites is 1. The van der Waals surface area contributed by atoms with Crippen LogP contribution in [0.2, 0.25) is 0 Å². The zero-order valence-electron chi connectivity index (χ0n) is 45.9. The van der Waals surface area contributed by atoms with Crippen molar-refractivity contribution in [2.45, 2.75) is 129 Å². The lowest BCUT2D eigenvalue weighted by Gasteiger charge is -2.44. The van der Waals surface area contributed by atoms with Gasteiger partial charge in [0.25, 0.3) is 0 Å². The first-order valence-corrected chi connectivity index (χ1v) is 27.8. The first kappa shape index (κ1) is 45.9. The summed E-state index contributed by atoms with van der Waals surface area (Å²) in [6, 6.07) is 54.7. The minimum atomic E-state index is -0.390. The maximum absolute atomic E-state index is 7.72. The summed E-state index contributed by atoms with van der Waals surface area (Å²) < 4.78 is 22.2. The summed E-state index contributed by atoms with van der Waals surface area (Å²) in [4.78, 5) is 5.08. The zero-order chi connectivity index (χ0) is 52.2. The van der Waals surface area contributed by atoms with Crippen LogP contribution in [0.1, 0.15) is 130 Å². The Morgan fingerprint density at radius 1 is 0.434 bits per heavy atom. The van der Waals surface area contributed by atoms with Crippen LogP contribution in [0.3, 0.4) is 0 Å². The molecule has 0 N–H and O–H groups in total. The number of fused-ring (bicyclic) bond motifs is 15. The predicted octanol–water partition coefficient (Wildman–Crippen LogP) is 18.6. The fourth-order valence-electron chi connectivity index (χ4n) is 14.2. The van der Waals surface area contributed by atoms with Crippen LogP contribution in [-0.4, -0.2) is 6.85 Å². The van der Waals surface area contributed by atoms with E-state index in [2.05, 4.69) is 231 Å². The van der Waals surface area contributed by atoms with Crippen LogP contribution in [0.4, 0.5) is 28.4 Å². The van der Waals surface area contributed by atoms with Gasteiger partial charge >= 0.3 is 6.85 Å². The standard InChI is InChI=1S/C70H65BN2O3/c1-66(2,3)42-23-27-43(28-24-42)72-62-51-36-53-55(70(10,11)32-30-68(53,6)7)38-59(51)76-65(62)71-61-49(34-50-45-19-15-16-20-57(45)75-64(50)63(61)72)46-33-47-48-35-52-54(69(8,9)31-29-67(52,4)5)37-58(48)74-60(47)39-56(46)73(71)44-25-21-41(22-26-44)40-17-13-12-14-18-40/h12-28,33-39H,29-32H2,1-11H3. The van der Waals surface area contributed by atoms with Crippen molar-refractivity contribution in [3.63, 3.8) is 0 Å². The van der Waals surface area contributed by atoms with Gasteiger partial charge in [-0.3, -0.25) is 0 Å². The van der Waals surface area contributed by atoms with Crippen LogP contribution >= 0.6 is 0 Å². The van der Waals surface area contributed by atoms with E-state index in [-0.39, 0.29) is 33.9 Å². The molecule has 0 amide bonds. The van der Waals surface area contributed by atoms with E-state index < -0.39 is 0 Å². The van der Waals surface area contributed by atoms with E-state index in [0.717, 1.165) is 120 Å². The first-order valence-electron chi connectivity index (χ1n) is 27.8. The Morgan fingerprint density at radius 2 is 0.961 bits per heavy atom. The molecule has 0 bridgehead atoms. The Hall–Kier alpha value is -7.44. The number of hydrogen-bond donors (Lipinski definition) is 0. The van der Waals surface area contributed by atoms with E-state index in [4.69, 9.17) is 13.3 Å². The molecule has 0 radical (unpaired) electrons. The Kier molecular flexibility index (Phi) is 9.15. The molecule has 76 heavy (non-hydrogen) atoms. The molecule has 0 saturated heterocycles. The van der Waals surface area contributed by atoms with Gasteiger partial charge in [0.1, 0.15) is 28.0 Å². The number of furan rings is 3. The van der Waals surface area contributed by atoms with Gasteiger partial charge in [0.2, 0.25) is 0 Å². The number of rotatable bonds is 3. The van der Waals surface area contributed by atoms with Crippen molar-refractivity contribution in [2.75, 3.05) is 9.71 Å². The van der Waals surface area contributed by atoms with E-state index in [1.165, 1.54) is 49.9 Å². The monoisotopic (exact) mass is 993 g/mol. The second-order valence-corrected chi connectivity index (χ2v) is 26.6. The van der Waals surface area contributed by atoms with Gasteiger partial charge in [-0.1, -0.05) is 149 Å². The van der Waals surface area contributed by atoms with Gasteiger partial charge in [-0.15, -0.1) is 0 Å². The summed E-state index contributed by atoms with van der Waals surface area (Å²) in [5.74, 6) is 0. The Morgan fingerprint density at radius 3 is 1.61 bits per heavy atom. The summed E-state index contributed by atoms with van der Waals surface area (Å²) in [6.07, 6.45) is 4.52. The molecule has 3 aromatic heterocycles. The van der Waals surface area contributed by atoms with Crippen LogP contribution in [0, 0.1) is 0 Å². The van der Waals surface area contributed by atoms with Gasteiger partial charge in [0.05, 0.1) is 11.4 Å². The Bertz CT molecular complexity index is 4270. The fraction of sp³-hybridized carbons (Fsp3) is 0.286. The lowest BCUT2D eigenvalue weighted by Crippen LogP contribution is -2.61. The van der Waals surface area contributed by atoms with Gasteiger partial charge < -0.3 is 23.0 Å². The van der Waals surface area contributed by atoms with Gasteiger partial charge in [0, 0.05) is 55.6 Å². The van der Waals surface area contributed by atoms with Crippen LogP contribution in [0.15, 0.2) is 159 Å². The highest BCUT2D eigenvalue weighted by atomic mass is 16.3. The molecule has 2 aliphatic carbocycles. The molecule has 2 aliphatic heterocycles. The number of nitrogens with zero attached hydrogens (tertiary/aromatic N) is 2. The molecule has 0 spiro atoms. The summed E-state index contributed by atoms with van der Waals surface area (Å²) in [5, 5.41) is 5.61. The third-order valence-corrected chi connectivity index (χ3v) is 18.9. The van der Waals surface area contributed by atoms with E-state index >= 15 is 0 Å². The molecule has 376 valence electrons. The van der Waals surface area contributed by atoms with Crippen molar-refractivity contribution in [2.24, 2.45) is 0 Å². The molecule has 5 nitrogen and oxygen atoms in total. The van der Waals surface area contributed by atoms with E-state index in [1.54, 1.807) is 0 Å². The van der Waals surface area contributed by atoms with Crippen molar-refractivity contribution in [3.05, 3.63) is 173 Å². The largest absolute Gasteiger partial charge is 0.466 e. The van der Waals surface area contributed by atoms with E-state index in [1.807, 2.05) is 0 Å². The lowest BCUT2D eigenvalue weighted by atomic mass is 9.45. The molecule has 8 aromatic carbocycles. The summed E-state index contributed by atoms with van der Waals surface area (Å²) in [6.45, 7) is 25.8. The SMILES string of the molecule is CC(C)(C)c1ccc(N2c3c(oc4cc5c(cc34)C(C)(C)CCC5(C)C)B3c4c(cc5c(oc6ccccc65)c42)-c2cc4c(cc2N3c2ccc(-c3ccccc3)cc2)oc2cc3c(cc24)C(C)(C)CCC3(C)C)cc1. The van der Waals surface area contributed by atoms with Crippen LogP contribution in [0.5, 0.6) is 0 Å². The Labute approximate surface area is 446 Å². The molecular formula is C70H65BN2O3. The zero-order valence-corrected chi connectivity index (χ0v) is 45.9. The molecule has 0 saturated carbocycles. The van der Waals surface area contributed by atoms with Gasteiger partial charge in [-0.2, -0.15) is 0 Å². The smallest absolute Gasteiger partial charge is 0.376 e. The lowest BCUT2D eigenvalue weighted by molar-refractivity contribution is 0.332. The van der Waals surface area contributed by atoms with Crippen LogP contribution in [0.25, 0.3) is 77.1 Å². The van der Waals surface area contributed by atoms with Crippen LogP contribution < -0.4 is 20.8 Å². The van der Waals surface area contributed by atoms with E-state index in [0.29, 0.717) is 0 Å². The number of hydrogen-bond acceptors (Lipinski definition) is 5. The highest BCUT2D eigenvalue weighted by molar-refractivity contribution is 6.93. The quantitative estimate of drug-likeness (QED) is 0.165. The van der Waals surface area contributed by atoms with E-state index in [9.17, 15) is 0 Å². The molecule has 0 fully saturated rings. The molecule has 4 aliphatic rings. The van der Waals surface area contributed by atoms with Crippen molar-refractivity contribution in [1.29, 1.82) is 0 Å². The third kappa shape index (κ3) is 6.39. The van der Waals surface area contributed by atoms with Crippen molar-refractivity contribution >= 4 is 101 Å². The predicted molar refractivity (Wildman–Crippen MR) is 319 cm³/mol. The second-order valence-electron chi connectivity index (χ2n) is 26.6. The molecule has 5 heterocycles. The van der Waals surface area contributed by atoms with Gasteiger partial charge in [-0.05, 0) is 169 Å². The molecule has 15 rings (SSSR count). The number of anilines is 5. The van der Waals surface area contributed by atoms with Crippen LogP contribution in [-0.2, 0) is 27.1 Å². The van der Waals surface area contributed by atoms with Crippen molar-refractivity contribution in [3.8, 4) is 22.3 Å².